The summed E-state index contributed by atoms with van der Waals surface area (Å²) >= 11 is 1.53. The Morgan fingerprint density at radius 1 is 1.32 bits per heavy atom. The number of anilines is 1. The minimum atomic E-state index is -0.184. The second-order valence-electron chi connectivity index (χ2n) is 5.04. The van der Waals surface area contributed by atoms with Crippen LogP contribution < -0.4 is 16.0 Å². The topological polar surface area (TPSA) is 66.0 Å². The van der Waals surface area contributed by atoms with Crippen molar-refractivity contribution in [1.82, 2.24) is 15.6 Å². The minimum absolute atomic E-state index is 0.0828. The molecule has 0 saturated heterocycles. The molecule has 0 fully saturated rings. The van der Waals surface area contributed by atoms with E-state index in [1.807, 2.05) is 36.6 Å². The third kappa shape index (κ3) is 5.04. The maximum atomic E-state index is 11.9. The molecule has 0 aliphatic carbocycles. The number of benzene rings is 1. The van der Waals surface area contributed by atoms with Crippen LogP contribution in [0.3, 0.4) is 0 Å². The Kier molecular flexibility index (Phi) is 6.21. The van der Waals surface area contributed by atoms with Crippen LogP contribution in [0.5, 0.6) is 0 Å². The molecule has 0 aliphatic rings. The standard InChI is InChI=1S/C16H22N4OS/c1-3-8-17-14-6-4-13(5-7-14)11-19-16(21)20-12(2)15-18-9-10-22-15/h4-7,9-10,12,17H,3,8,11H2,1-2H3,(H2,19,20,21)/t12-/m0/s1. The smallest absolute Gasteiger partial charge is 0.315 e. The lowest BCUT2D eigenvalue weighted by molar-refractivity contribution is 0.237. The molecule has 2 amide bonds. The highest BCUT2D eigenvalue weighted by molar-refractivity contribution is 7.09. The Bertz CT molecular complexity index is 568. The number of nitrogens with one attached hydrogen (secondary N) is 3. The zero-order valence-electron chi connectivity index (χ0n) is 12.9. The van der Waals surface area contributed by atoms with Gasteiger partial charge < -0.3 is 16.0 Å². The van der Waals surface area contributed by atoms with Crippen LogP contribution in [0, 0.1) is 0 Å². The number of carbonyl (C=O) groups excluding carboxylic acids is 1. The van der Waals surface area contributed by atoms with Crippen LogP contribution in [0.15, 0.2) is 35.8 Å². The average Bonchev–Trinajstić information content (AvgIpc) is 3.06. The molecule has 2 rings (SSSR count). The highest BCUT2D eigenvalue weighted by Crippen LogP contribution is 2.14. The molecule has 0 aliphatic heterocycles. The Balaban J connectivity index is 1.76. The van der Waals surface area contributed by atoms with Gasteiger partial charge in [-0.3, -0.25) is 0 Å². The summed E-state index contributed by atoms with van der Waals surface area (Å²) in [4.78, 5) is 16.1. The van der Waals surface area contributed by atoms with Gasteiger partial charge in [-0.1, -0.05) is 19.1 Å². The Morgan fingerprint density at radius 2 is 2.09 bits per heavy atom. The third-order valence-electron chi connectivity index (χ3n) is 3.16. The van der Waals surface area contributed by atoms with Crippen molar-refractivity contribution in [3.8, 4) is 0 Å². The summed E-state index contributed by atoms with van der Waals surface area (Å²) in [5.74, 6) is 0. The molecule has 0 unspecified atom stereocenters. The average molecular weight is 318 g/mol. The Hall–Kier alpha value is -2.08. The van der Waals surface area contributed by atoms with E-state index in [9.17, 15) is 4.79 Å². The minimum Gasteiger partial charge on any atom is -0.385 e. The monoisotopic (exact) mass is 318 g/mol. The lowest BCUT2D eigenvalue weighted by Crippen LogP contribution is -2.36. The first kappa shape index (κ1) is 16.3. The second kappa shape index (κ2) is 8.38. The van der Waals surface area contributed by atoms with Gasteiger partial charge in [-0.15, -0.1) is 11.3 Å². The van der Waals surface area contributed by atoms with Gasteiger partial charge in [-0.05, 0) is 31.0 Å². The highest BCUT2D eigenvalue weighted by atomic mass is 32.1. The molecule has 0 radical (unpaired) electrons. The van der Waals surface area contributed by atoms with E-state index in [1.165, 1.54) is 11.3 Å². The lowest BCUT2D eigenvalue weighted by atomic mass is 10.2. The number of carbonyl (C=O) groups is 1. The molecule has 1 atom stereocenters. The largest absolute Gasteiger partial charge is 0.385 e. The normalized spacial score (nSPS) is 11.7. The van der Waals surface area contributed by atoms with Gasteiger partial charge in [0.1, 0.15) is 5.01 Å². The van der Waals surface area contributed by atoms with Gasteiger partial charge in [0.2, 0.25) is 0 Å². The molecule has 1 aromatic heterocycles. The van der Waals surface area contributed by atoms with Gasteiger partial charge in [-0.2, -0.15) is 0 Å². The van der Waals surface area contributed by atoms with Crippen LogP contribution in [0.4, 0.5) is 10.5 Å². The van der Waals surface area contributed by atoms with Crippen molar-refractivity contribution in [2.45, 2.75) is 32.9 Å². The molecular formula is C16H22N4OS. The molecule has 0 spiro atoms. The van der Waals surface area contributed by atoms with Crippen LogP contribution in [0.25, 0.3) is 0 Å². The quantitative estimate of drug-likeness (QED) is 0.732. The fourth-order valence-corrected chi connectivity index (χ4v) is 2.60. The van der Waals surface area contributed by atoms with Crippen LogP contribution in [0.1, 0.15) is 36.9 Å². The number of amides is 2. The van der Waals surface area contributed by atoms with Crippen molar-refractivity contribution in [2.75, 3.05) is 11.9 Å². The number of nitrogens with zero attached hydrogens (tertiary/aromatic N) is 1. The van der Waals surface area contributed by atoms with Crippen molar-refractivity contribution >= 4 is 23.1 Å². The van der Waals surface area contributed by atoms with Crippen LogP contribution in [-0.4, -0.2) is 17.6 Å². The van der Waals surface area contributed by atoms with Crippen molar-refractivity contribution < 1.29 is 4.79 Å². The van der Waals surface area contributed by atoms with Crippen molar-refractivity contribution in [3.05, 3.63) is 46.4 Å². The Morgan fingerprint density at radius 3 is 2.73 bits per heavy atom. The van der Waals surface area contributed by atoms with Crippen molar-refractivity contribution in [1.29, 1.82) is 0 Å². The first-order valence-electron chi connectivity index (χ1n) is 7.45. The molecule has 1 heterocycles. The number of urea groups is 1. The molecule has 118 valence electrons. The molecule has 0 saturated carbocycles. The van der Waals surface area contributed by atoms with E-state index in [2.05, 4.69) is 27.9 Å². The van der Waals surface area contributed by atoms with Crippen LogP contribution in [-0.2, 0) is 6.54 Å². The molecule has 22 heavy (non-hydrogen) atoms. The van der Waals surface area contributed by atoms with Crippen LogP contribution >= 0.6 is 11.3 Å². The van der Waals surface area contributed by atoms with Gasteiger partial charge in [0, 0.05) is 30.4 Å². The van der Waals surface area contributed by atoms with Gasteiger partial charge >= 0.3 is 6.03 Å². The first-order chi connectivity index (χ1) is 10.7. The third-order valence-corrected chi connectivity index (χ3v) is 4.11. The maximum absolute atomic E-state index is 11.9. The molecular weight excluding hydrogens is 296 g/mol. The summed E-state index contributed by atoms with van der Waals surface area (Å²) in [6.07, 6.45) is 2.84. The molecule has 3 N–H and O–H groups in total. The zero-order chi connectivity index (χ0) is 15.8. The molecule has 0 bridgehead atoms. The van der Waals surface area contributed by atoms with Crippen LogP contribution in [0.2, 0.25) is 0 Å². The summed E-state index contributed by atoms with van der Waals surface area (Å²) in [5.41, 5.74) is 2.17. The number of rotatable bonds is 7. The predicted molar refractivity (Wildman–Crippen MR) is 91.1 cm³/mol. The van der Waals surface area contributed by atoms with Crippen molar-refractivity contribution in [2.24, 2.45) is 0 Å². The van der Waals surface area contributed by atoms with Gasteiger partial charge in [0.05, 0.1) is 6.04 Å². The predicted octanol–water partition coefficient (Wildman–Crippen LogP) is 3.53. The summed E-state index contributed by atoms with van der Waals surface area (Å²) in [6.45, 7) is 5.53. The van der Waals surface area contributed by atoms with E-state index in [1.54, 1.807) is 6.20 Å². The fraction of sp³-hybridized carbons (Fsp3) is 0.375. The van der Waals surface area contributed by atoms with Gasteiger partial charge in [-0.25, -0.2) is 9.78 Å². The summed E-state index contributed by atoms with van der Waals surface area (Å²) in [5, 5.41) is 11.9. The number of aromatic nitrogens is 1. The van der Waals surface area contributed by atoms with E-state index in [0.29, 0.717) is 6.54 Å². The van der Waals surface area contributed by atoms with Gasteiger partial charge in [0.25, 0.3) is 0 Å². The molecule has 2 aromatic rings. The molecule has 6 heteroatoms. The maximum Gasteiger partial charge on any atom is 0.315 e. The number of thiazole rings is 1. The SMILES string of the molecule is CCCNc1ccc(CNC(=O)N[C@@H](C)c2nccs2)cc1. The van der Waals surface area contributed by atoms with E-state index in [-0.39, 0.29) is 12.1 Å². The Labute approximate surface area is 135 Å². The molecule has 5 nitrogen and oxygen atoms in total. The fourth-order valence-electron chi connectivity index (χ4n) is 1.95. The van der Waals surface area contributed by atoms with E-state index < -0.39 is 0 Å². The van der Waals surface area contributed by atoms with E-state index in [0.717, 1.165) is 29.2 Å². The van der Waals surface area contributed by atoms with E-state index in [4.69, 9.17) is 0 Å². The summed E-state index contributed by atoms with van der Waals surface area (Å²) in [6, 6.07) is 7.83. The number of hydrogen-bond acceptors (Lipinski definition) is 4. The summed E-state index contributed by atoms with van der Waals surface area (Å²) in [7, 11) is 0. The lowest BCUT2D eigenvalue weighted by Gasteiger charge is -2.12. The van der Waals surface area contributed by atoms with Crippen molar-refractivity contribution in [3.63, 3.8) is 0 Å². The molecule has 1 aromatic carbocycles. The number of hydrogen-bond donors (Lipinski definition) is 3. The highest BCUT2D eigenvalue weighted by Gasteiger charge is 2.10. The van der Waals surface area contributed by atoms with E-state index >= 15 is 0 Å². The first-order valence-corrected chi connectivity index (χ1v) is 8.33. The zero-order valence-corrected chi connectivity index (χ0v) is 13.7. The summed E-state index contributed by atoms with van der Waals surface area (Å²) < 4.78 is 0. The van der Waals surface area contributed by atoms with Gasteiger partial charge in [0.15, 0.2) is 0 Å². The second-order valence-corrected chi connectivity index (χ2v) is 5.97.